The van der Waals surface area contributed by atoms with Crippen LogP contribution >= 0.6 is 0 Å². The fraction of sp³-hybridized carbons (Fsp3) is 0.231. The molecule has 0 fully saturated rings. The highest BCUT2D eigenvalue weighted by molar-refractivity contribution is 6.00. The van der Waals surface area contributed by atoms with Crippen molar-refractivity contribution in [3.8, 4) is 0 Å². The Hall–Kier alpha value is -1.95. The normalized spacial score (nSPS) is 11.7. The maximum Gasteiger partial charge on any atom is 0.411 e. The van der Waals surface area contributed by atoms with E-state index in [0.29, 0.717) is 5.56 Å². The number of halogens is 3. The Kier molecular flexibility index (Phi) is 3.80. The molecule has 0 bridgehead atoms. The molecule has 0 aliphatic rings. The maximum atomic E-state index is 11.9. The van der Waals surface area contributed by atoms with Gasteiger partial charge in [0.2, 0.25) is 0 Å². The Morgan fingerprint density at radius 3 is 2.79 bits per heavy atom. The van der Waals surface area contributed by atoms with Crippen LogP contribution in [0.3, 0.4) is 0 Å². The summed E-state index contributed by atoms with van der Waals surface area (Å²) in [6.45, 7) is -2.01. The van der Waals surface area contributed by atoms with Crippen LogP contribution in [0, 0.1) is 0 Å². The first kappa shape index (κ1) is 13.5. The van der Waals surface area contributed by atoms with E-state index >= 15 is 0 Å². The van der Waals surface area contributed by atoms with Gasteiger partial charge in [-0.2, -0.15) is 13.2 Å². The summed E-state index contributed by atoms with van der Waals surface area (Å²) in [5.74, 6) is -0.491. The smallest absolute Gasteiger partial charge is 0.364 e. The van der Waals surface area contributed by atoms with Gasteiger partial charge in [-0.15, -0.1) is 0 Å². The number of benzene rings is 1. The average molecular weight is 269 g/mol. The van der Waals surface area contributed by atoms with Gasteiger partial charge in [0.15, 0.2) is 5.78 Å². The summed E-state index contributed by atoms with van der Waals surface area (Å²) >= 11 is 0. The number of alkyl halides is 3. The molecule has 1 aromatic carbocycles. The minimum atomic E-state index is -4.42. The van der Waals surface area contributed by atoms with E-state index in [1.807, 2.05) is 0 Å². The van der Waals surface area contributed by atoms with Crippen molar-refractivity contribution in [3.63, 3.8) is 0 Å². The fourth-order valence-corrected chi connectivity index (χ4v) is 1.59. The molecule has 0 atom stereocenters. The molecule has 0 saturated carbocycles. The maximum absolute atomic E-state index is 11.9. The molecule has 0 spiro atoms. The van der Waals surface area contributed by atoms with E-state index in [1.165, 1.54) is 6.07 Å². The molecule has 0 N–H and O–H groups in total. The lowest BCUT2D eigenvalue weighted by Crippen LogP contribution is -2.20. The molecule has 0 aliphatic carbocycles. The fourth-order valence-electron chi connectivity index (χ4n) is 1.59. The van der Waals surface area contributed by atoms with E-state index < -0.39 is 25.2 Å². The molecule has 0 saturated heterocycles. The number of pyridine rings is 1. The largest absolute Gasteiger partial charge is 0.411 e. The van der Waals surface area contributed by atoms with Crippen LogP contribution in [-0.4, -0.2) is 30.2 Å². The summed E-state index contributed by atoms with van der Waals surface area (Å²) in [4.78, 5) is 15.7. The lowest BCUT2D eigenvalue weighted by Gasteiger charge is -2.07. The number of hydrogen-bond acceptors (Lipinski definition) is 3. The zero-order chi connectivity index (χ0) is 13.9. The van der Waals surface area contributed by atoms with Crippen molar-refractivity contribution >= 4 is 16.7 Å². The second kappa shape index (κ2) is 5.36. The van der Waals surface area contributed by atoms with Gasteiger partial charge in [0.1, 0.15) is 13.2 Å². The van der Waals surface area contributed by atoms with Gasteiger partial charge in [-0.3, -0.25) is 9.78 Å². The Bertz CT molecular complexity index is 596. The molecule has 0 amide bonds. The van der Waals surface area contributed by atoms with E-state index in [9.17, 15) is 18.0 Å². The van der Waals surface area contributed by atoms with Gasteiger partial charge in [0, 0.05) is 17.1 Å². The highest BCUT2D eigenvalue weighted by Gasteiger charge is 2.27. The molecule has 1 heterocycles. The quantitative estimate of drug-likeness (QED) is 0.801. The number of carbonyl (C=O) groups is 1. The van der Waals surface area contributed by atoms with E-state index in [-0.39, 0.29) is 0 Å². The van der Waals surface area contributed by atoms with Crippen LogP contribution in [0.25, 0.3) is 10.9 Å². The standard InChI is InChI=1S/C13H10F3NO2/c14-13(15,16)8-19-7-12(18)10-3-4-11-9(6-10)2-1-5-17-11/h1-6H,7-8H2. The van der Waals surface area contributed by atoms with Crippen LogP contribution in [0.15, 0.2) is 36.5 Å². The molecular weight excluding hydrogens is 259 g/mol. The van der Waals surface area contributed by atoms with E-state index in [1.54, 1.807) is 30.5 Å². The van der Waals surface area contributed by atoms with Gasteiger partial charge in [-0.25, -0.2) is 0 Å². The van der Waals surface area contributed by atoms with Gasteiger partial charge in [0.05, 0.1) is 5.52 Å². The van der Waals surface area contributed by atoms with Crippen LogP contribution < -0.4 is 0 Å². The molecule has 19 heavy (non-hydrogen) atoms. The zero-order valence-electron chi connectivity index (χ0n) is 9.78. The van der Waals surface area contributed by atoms with E-state index in [2.05, 4.69) is 9.72 Å². The molecular formula is C13H10F3NO2. The number of aromatic nitrogens is 1. The summed E-state index contributed by atoms with van der Waals surface area (Å²) in [7, 11) is 0. The predicted octanol–water partition coefficient (Wildman–Crippen LogP) is 3.00. The van der Waals surface area contributed by atoms with Crippen molar-refractivity contribution < 1.29 is 22.7 Å². The third-order valence-electron chi connectivity index (χ3n) is 2.42. The summed E-state index contributed by atoms with van der Waals surface area (Å²) in [6.07, 6.45) is -2.80. The number of ether oxygens (including phenoxy) is 1. The van der Waals surface area contributed by atoms with Crippen molar-refractivity contribution in [1.82, 2.24) is 4.98 Å². The van der Waals surface area contributed by atoms with Crippen LogP contribution in [0.1, 0.15) is 10.4 Å². The second-order valence-corrected chi connectivity index (χ2v) is 3.94. The molecule has 2 aromatic rings. The Morgan fingerprint density at radius 1 is 1.26 bits per heavy atom. The van der Waals surface area contributed by atoms with E-state index in [0.717, 1.165) is 10.9 Å². The topological polar surface area (TPSA) is 39.2 Å². The summed E-state index contributed by atoms with van der Waals surface area (Å²) in [5.41, 5.74) is 1.03. The molecule has 2 rings (SSSR count). The molecule has 6 heteroatoms. The first-order valence-corrected chi connectivity index (χ1v) is 5.48. The monoisotopic (exact) mass is 269 g/mol. The lowest BCUT2D eigenvalue weighted by atomic mass is 10.1. The van der Waals surface area contributed by atoms with Crippen molar-refractivity contribution in [2.75, 3.05) is 13.2 Å². The molecule has 0 unspecified atom stereocenters. The van der Waals surface area contributed by atoms with Crippen LogP contribution in [0.5, 0.6) is 0 Å². The van der Waals surface area contributed by atoms with Crippen molar-refractivity contribution in [1.29, 1.82) is 0 Å². The SMILES string of the molecule is O=C(COCC(F)(F)F)c1ccc2ncccc2c1. The number of nitrogens with zero attached hydrogens (tertiary/aromatic N) is 1. The number of rotatable bonds is 4. The van der Waals surface area contributed by atoms with Crippen LogP contribution in [0.4, 0.5) is 13.2 Å². The number of Topliss-reactive ketones (excluding diaryl/α,β-unsaturated/α-hetero) is 1. The third kappa shape index (κ3) is 3.75. The highest BCUT2D eigenvalue weighted by atomic mass is 19.4. The van der Waals surface area contributed by atoms with Gasteiger partial charge in [0.25, 0.3) is 0 Å². The number of hydrogen-bond donors (Lipinski definition) is 0. The molecule has 0 aliphatic heterocycles. The van der Waals surface area contributed by atoms with Crippen LogP contribution in [0.2, 0.25) is 0 Å². The lowest BCUT2D eigenvalue weighted by molar-refractivity contribution is -0.170. The van der Waals surface area contributed by atoms with Crippen molar-refractivity contribution in [2.45, 2.75) is 6.18 Å². The second-order valence-electron chi connectivity index (χ2n) is 3.94. The van der Waals surface area contributed by atoms with Gasteiger partial charge >= 0.3 is 6.18 Å². The molecule has 0 radical (unpaired) electrons. The summed E-state index contributed by atoms with van der Waals surface area (Å²) in [5, 5.41) is 0.754. The van der Waals surface area contributed by atoms with Crippen LogP contribution in [-0.2, 0) is 4.74 Å². The van der Waals surface area contributed by atoms with Crippen molar-refractivity contribution in [3.05, 3.63) is 42.1 Å². The molecule has 100 valence electrons. The first-order chi connectivity index (χ1) is 8.96. The number of ketones is 1. The highest BCUT2D eigenvalue weighted by Crippen LogP contribution is 2.16. The van der Waals surface area contributed by atoms with E-state index in [4.69, 9.17) is 0 Å². The first-order valence-electron chi connectivity index (χ1n) is 5.48. The predicted molar refractivity (Wildman–Crippen MR) is 62.9 cm³/mol. The Labute approximate surface area is 107 Å². The van der Waals surface area contributed by atoms with Gasteiger partial charge in [-0.05, 0) is 24.3 Å². The number of carbonyl (C=O) groups excluding carboxylic acids is 1. The summed E-state index contributed by atoms with van der Waals surface area (Å²) < 4.78 is 40.0. The zero-order valence-corrected chi connectivity index (χ0v) is 9.78. The Balaban J connectivity index is 2.05. The third-order valence-corrected chi connectivity index (χ3v) is 2.42. The Morgan fingerprint density at radius 2 is 2.05 bits per heavy atom. The minimum Gasteiger partial charge on any atom is -0.364 e. The molecule has 3 nitrogen and oxygen atoms in total. The average Bonchev–Trinajstić information content (AvgIpc) is 2.36. The number of fused-ring (bicyclic) bond motifs is 1. The molecule has 1 aromatic heterocycles. The summed E-state index contributed by atoms with van der Waals surface area (Å²) in [6, 6.07) is 8.25. The van der Waals surface area contributed by atoms with Gasteiger partial charge < -0.3 is 4.74 Å². The van der Waals surface area contributed by atoms with Crippen molar-refractivity contribution in [2.24, 2.45) is 0 Å². The minimum absolute atomic E-state index is 0.308. The van der Waals surface area contributed by atoms with Gasteiger partial charge in [-0.1, -0.05) is 6.07 Å².